The van der Waals surface area contributed by atoms with E-state index < -0.39 is 10.0 Å². The number of piperidine rings is 1. The summed E-state index contributed by atoms with van der Waals surface area (Å²) in [6.45, 7) is 6.04. The van der Waals surface area contributed by atoms with Crippen LogP contribution in [0.25, 0.3) is 0 Å². The van der Waals surface area contributed by atoms with Gasteiger partial charge < -0.3 is 10.2 Å². The van der Waals surface area contributed by atoms with E-state index in [1.54, 1.807) is 0 Å². The lowest BCUT2D eigenvalue weighted by Gasteiger charge is -2.29. The first-order chi connectivity index (χ1) is 14.7. The van der Waals surface area contributed by atoms with Gasteiger partial charge in [0.2, 0.25) is 15.9 Å². The number of rotatable bonds is 8. The van der Waals surface area contributed by atoms with Crippen LogP contribution < -0.4 is 10.2 Å². The van der Waals surface area contributed by atoms with Gasteiger partial charge in [-0.25, -0.2) is 8.42 Å². The van der Waals surface area contributed by atoms with E-state index in [0.717, 1.165) is 36.0 Å². The molecule has 0 aromatic heterocycles. The number of carbonyl (C=O) groups excluding carboxylic acids is 1. The van der Waals surface area contributed by atoms with Crippen molar-refractivity contribution >= 4 is 21.6 Å². The van der Waals surface area contributed by atoms with Crippen LogP contribution in [0.1, 0.15) is 48.9 Å². The molecule has 1 amide bonds. The molecule has 1 atom stereocenters. The Morgan fingerprint density at radius 1 is 1.03 bits per heavy atom. The molecule has 1 fully saturated rings. The van der Waals surface area contributed by atoms with Crippen molar-refractivity contribution in [1.82, 2.24) is 9.62 Å². The van der Waals surface area contributed by atoms with E-state index in [9.17, 15) is 13.2 Å². The van der Waals surface area contributed by atoms with Crippen LogP contribution in [0.5, 0.6) is 0 Å². The molecule has 168 valence electrons. The second-order valence-electron chi connectivity index (χ2n) is 8.45. The maximum atomic E-state index is 12.6. The highest BCUT2D eigenvalue weighted by molar-refractivity contribution is 7.88. The van der Waals surface area contributed by atoms with Crippen molar-refractivity contribution in [3.8, 4) is 0 Å². The zero-order valence-corrected chi connectivity index (χ0v) is 19.5. The Morgan fingerprint density at radius 2 is 1.65 bits per heavy atom. The summed E-state index contributed by atoms with van der Waals surface area (Å²) in [6, 6.07) is 15.7. The molecule has 1 N–H and O–H groups in total. The number of hydrogen-bond donors (Lipinski definition) is 1. The SMILES string of the molecule is Cc1ccc(CN(CC(=O)NC(C)c2ccc(N3CCCCC3)cc2)S(C)(=O)=O)cc1. The van der Waals surface area contributed by atoms with Gasteiger partial charge in [-0.2, -0.15) is 4.31 Å². The summed E-state index contributed by atoms with van der Waals surface area (Å²) in [5, 5.41) is 2.93. The maximum absolute atomic E-state index is 12.6. The zero-order valence-electron chi connectivity index (χ0n) is 18.7. The van der Waals surface area contributed by atoms with Gasteiger partial charge in [-0.3, -0.25) is 4.79 Å². The highest BCUT2D eigenvalue weighted by atomic mass is 32.2. The van der Waals surface area contributed by atoms with Crippen molar-refractivity contribution in [3.63, 3.8) is 0 Å². The third-order valence-corrected chi connectivity index (χ3v) is 6.96. The number of carbonyl (C=O) groups is 1. The molecule has 1 heterocycles. The lowest BCUT2D eigenvalue weighted by atomic mass is 10.1. The van der Waals surface area contributed by atoms with Gasteiger partial charge in [0.25, 0.3) is 0 Å². The van der Waals surface area contributed by atoms with Crippen molar-refractivity contribution in [2.75, 3.05) is 30.8 Å². The number of nitrogens with zero attached hydrogens (tertiary/aromatic N) is 2. The highest BCUT2D eigenvalue weighted by Crippen LogP contribution is 2.22. The lowest BCUT2D eigenvalue weighted by Crippen LogP contribution is -2.40. The Labute approximate surface area is 186 Å². The van der Waals surface area contributed by atoms with Gasteiger partial charge in [0.15, 0.2) is 0 Å². The van der Waals surface area contributed by atoms with Crippen LogP contribution in [0.15, 0.2) is 48.5 Å². The fourth-order valence-corrected chi connectivity index (χ4v) is 4.58. The van der Waals surface area contributed by atoms with Gasteiger partial charge in [0.05, 0.1) is 18.8 Å². The number of anilines is 1. The number of hydrogen-bond acceptors (Lipinski definition) is 4. The predicted molar refractivity (Wildman–Crippen MR) is 125 cm³/mol. The van der Waals surface area contributed by atoms with Crippen LogP contribution >= 0.6 is 0 Å². The quantitative estimate of drug-likeness (QED) is 0.677. The van der Waals surface area contributed by atoms with Crippen molar-refractivity contribution in [2.24, 2.45) is 0 Å². The zero-order chi connectivity index (χ0) is 22.4. The molecule has 31 heavy (non-hydrogen) atoms. The molecule has 1 saturated heterocycles. The van der Waals surface area contributed by atoms with E-state index in [2.05, 4.69) is 22.3 Å². The average Bonchev–Trinajstić information content (AvgIpc) is 2.75. The Morgan fingerprint density at radius 3 is 2.23 bits per heavy atom. The summed E-state index contributed by atoms with van der Waals surface area (Å²) in [7, 11) is -3.52. The molecule has 0 spiro atoms. The van der Waals surface area contributed by atoms with Gasteiger partial charge in [0, 0.05) is 25.3 Å². The van der Waals surface area contributed by atoms with Crippen LogP contribution in [0.2, 0.25) is 0 Å². The molecular formula is C24H33N3O3S. The molecule has 0 aliphatic carbocycles. The largest absolute Gasteiger partial charge is 0.372 e. The van der Waals surface area contributed by atoms with Crippen LogP contribution in [0.3, 0.4) is 0 Å². The summed E-state index contributed by atoms with van der Waals surface area (Å²) < 4.78 is 25.7. The Bertz CT molecular complexity index is 966. The molecule has 0 saturated carbocycles. The van der Waals surface area contributed by atoms with Crippen molar-refractivity contribution in [1.29, 1.82) is 0 Å². The van der Waals surface area contributed by atoms with E-state index in [-0.39, 0.29) is 25.0 Å². The fraction of sp³-hybridized carbons (Fsp3) is 0.458. The standard InChI is InChI=1S/C24H33N3O3S/c1-19-7-9-21(10-8-19)17-27(31(3,29)30)18-24(28)25-20(2)22-11-13-23(14-12-22)26-15-5-4-6-16-26/h7-14,20H,4-6,15-18H2,1-3H3,(H,25,28). The van der Waals surface area contributed by atoms with Crippen molar-refractivity contribution in [2.45, 2.75) is 45.7 Å². The summed E-state index contributed by atoms with van der Waals surface area (Å²) in [6.07, 6.45) is 4.89. The van der Waals surface area contributed by atoms with Gasteiger partial charge in [-0.15, -0.1) is 0 Å². The van der Waals surface area contributed by atoms with Gasteiger partial charge in [0.1, 0.15) is 0 Å². The van der Waals surface area contributed by atoms with Crippen LogP contribution in [-0.4, -0.2) is 44.5 Å². The van der Waals surface area contributed by atoms with Crippen LogP contribution in [-0.2, 0) is 21.4 Å². The normalized spacial score (nSPS) is 15.7. The third kappa shape index (κ3) is 6.80. The van der Waals surface area contributed by atoms with Crippen molar-refractivity contribution < 1.29 is 13.2 Å². The number of aryl methyl sites for hydroxylation is 1. The van der Waals surface area contributed by atoms with Gasteiger partial charge >= 0.3 is 0 Å². The number of amides is 1. The molecule has 0 radical (unpaired) electrons. The summed E-state index contributed by atoms with van der Waals surface area (Å²) in [5.74, 6) is -0.315. The van der Waals surface area contributed by atoms with Gasteiger partial charge in [-0.05, 0) is 56.4 Å². The Hall–Kier alpha value is -2.38. The first-order valence-corrected chi connectivity index (χ1v) is 12.7. The second-order valence-corrected chi connectivity index (χ2v) is 10.4. The lowest BCUT2D eigenvalue weighted by molar-refractivity contribution is -0.122. The van der Waals surface area contributed by atoms with E-state index in [1.807, 2.05) is 50.2 Å². The molecule has 6 nitrogen and oxygen atoms in total. The van der Waals surface area contributed by atoms with E-state index in [4.69, 9.17) is 0 Å². The predicted octanol–water partition coefficient (Wildman–Crippen LogP) is 3.62. The monoisotopic (exact) mass is 443 g/mol. The Balaban J connectivity index is 1.60. The first kappa shape index (κ1) is 23.3. The maximum Gasteiger partial charge on any atom is 0.235 e. The minimum absolute atomic E-state index is 0.172. The average molecular weight is 444 g/mol. The first-order valence-electron chi connectivity index (χ1n) is 10.9. The molecule has 0 bridgehead atoms. The molecule has 3 rings (SSSR count). The van der Waals surface area contributed by atoms with Gasteiger partial charge in [-0.1, -0.05) is 42.0 Å². The molecule has 2 aromatic carbocycles. The van der Waals surface area contributed by atoms with Crippen molar-refractivity contribution in [3.05, 3.63) is 65.2 Å². The minimum atomic E-state index is -3.52. The van der Waals surface area contributed by atoms with E-state index in [1.165, 1.54) is 29.3 Å². The van der Waals surface area contributed by atoms with E-state index >= 15 is 0 Å². The second kappa shape index (κ2) is 10.3. The molecule has 1 aliphatic rings. The number of nitrogens with one attached hydrogen (secondary N) is 1. The fourth-order valence-electron chi connectivity index (χ4n) is 3.84. The van der Waals surface area contributed by atoms with E-state index in [0.29, 0.717) is 0 Å². The summed E-state index contributed by atoms with van der Waals surface area (Å²) in [4.78, 5) is 15.0. The molecule has 2 aromatic rings. The molecule has 1 unspecified atom stereocenters. The minimum Gasteiger partial charge on any atom is -0.372 e. The number of sulfonamides is 1. The summed E-state index contributed by atoms with van der Waals surface area (Å²) >= 11 is 0. The molecule has 7 heteroatoms. The highest BCUT2D eigenvalue weighted by Gasteiger charge is 2.22. The third-order valence-electron chi connectivity index (χ3n) is 5.76. The Kier molecular flexibility index (Phi) is 7.73. The molecule has 1 aliphatic heterocycles. The van der Waals surface area contributed by atoms with Crippen LogP contribution in [0, 0.1) is 6.92 Å². The van der Waals surface area contributed by atoms with Crippen LogP contribution in [0.4, 0.5) is 5.69 Å². The summed E-state index contributed by atoms with van der Waals surface area (Å²) in [5.41, 5.74) is 4.17. The number of benzene rings is 2. The smallest absolute Gasteiger partial charge is 0.235 e. The molecular weight excluding hydrogens is 410 g/mol. The topological polar surface area (TPSA) is 69.7 Å².